The second-order valence-electron chi connectivity index (χ2n) is 4.05. The molecule has 0 aromatic heterocycles. The van der Waals surface area contributed by atoms with E-state index in [9.17, 15) is 0 Å². The Morgan fingerprint density at radius 1 is 1.64 bits per heavy atom. The summed E-state index contributed by atoms with van der Waals surface area (Å²) in [6, 6.07) is 0.785. The minimum Gasteiger partial charge on any atom is -0.297 e. The third-order valence-electron chi connectivity index (χ3n) is 3.10. The number of nitrogens with zero attached hydrogens (tertiary/aromatic N) is 1. The molecule has 0 fully saturated rings. The van der Waals surface area contributed by atoms with Crippen molar-refractivity contribution >= 4 is 0 Å². The Morgan fingerprint density at radius 3 is 2.64 bits per heavy atom. The molecule has 0 N–H and O–H groups in total. The topological polar surface area (TPSA) is 0 Å². The zero-order valence-corrected chi connectivity index (χ0v) is 8.22. The van der Waals surface area contributed by atoms with Gasteiger partial charge in [-0.3, -0.25) is 4.48 Å². The lowest BCUT2D eigenvalue weighted by Gasteiger charge is -2.32. The van der Waals surface area contributed by atoms with Gasteiger partial charge < -0.3 is 0 Å². The van der Waals surface area contributed by atoms with Crippen molar-refractivity contribution in [2.45, 2.75) is 39.7 Å². The zero-order chi connectivity index (χ0) is 8.48. The maximum atomic E-state index is 2.42. The maximum Gasteiger partial charge on any atom is 0.0949 e. The number of hydrogen-bond acceptors (Lipinski definition) is 0. The summed E-state index contributed by atoms with van der Waals surface area (Å²) in [6.07, 6.45) is 5.00. The van der Waals surface area contributed by atoms with Crippen LogP contribution in [0.3, 0.4) is 0 Å². The highest BCUT2D eigenvalue weighted by Gasteiger charge is 2.30. The predicted octanol–water partition coefficient (Wildman–Crippen LogP) is 2.54. The SMILES string of the molecule is CCC(C)[N+]1(C)C=C(C)CC1. The Morgan fingerprint density at radius 2 is 2.27 bits per heavy atom. The van der Waals surface area contributed by atoms with Crippen LogP contribution in [0.5, 0.6) is 0 Å². The van der Waals surface area contributed by atoms with Gasteiger partial charge >= 0.3 is 0 Å². The zero-order valence-electron chi connectivity index (χ0n) is 8.22. The first-order valence-corrected chi connectivity index (χ1v) is 4.61. The fourth-order valence-corrected chi connectivity index (χ4v) is 1.81. The number of rotatable bonds is 2. The molecule has 2 unspecified atom stereocenters. The van der Waals surface area contributed by atoms with E-state index in [1.54, 1.807) is 5.57 Å². The van der Waals surface area contributed by atoms with Crippen LogP contribution in [0.25, 0.3) is 0 Å². The molecule has 1 aliphatic heterocycles. The van der Waals surface area contributed by atoms with Crippen LogP contribution in [-0.4, -0.2) is 24.1 Å². The molecule has 1 rings (SSSR count). The highest BCUT2D eigenvalue weighted by atomic mass is 15.3. The molecule has 0 amide bonds. The fraction of sp³-hybridized carbons (Fsp3) is 0.800. The van der Waals surface area contributed by atoms with Crippen molar-refractivity contribution in [3.8, 4) is 0 Å². The van der Waals surface area contributed by atoms with Crippen LogP contribution in [0.15, 0.2) is 11.8 Å². The van der Waals surface area contributed by atoms with Crippen LogP contribution in [0.4, 0.5) is 0 Å². The van der Waals surface area contributed by atoms with Gasteiger partial charge in [-0.15, -0.1) is 0 Å². The van der Waals surface area contributed by atoms with Gasteiger partial charge in [0, 0.05) is 6.42 Å². The van der Waals surface area contributed by atoms with Crippen LogP contribution in [0, 0.1) is 0 Å². The summed E-state index contributed by atoms with van der Waals surface area (Å²) in [6.45, 7) is 8.16. The summed E-state index contributed by atoms with van der Waals surface area (Å²) in [5, 5.41) is 0. The molecule has 0 saturated carbocycles. The average molecular weight is 154 g/mol. The molecule has 1 nitrogen and oxygen atoms in total. The van der Waals surface area contributed by atoms with Crippen molar-refractivity contribution in [2.75, 3.05) is 13.6 Å². The van der Waals surface area contributed by atoms with Crippen molar-refractivity contribution in [1.29, 1.82) is 0 Å². The first kappa shape index (κ1) is 8.79. The second-order valence-corrected chi connectivity index (χ2v) is 4.05. The largest absolute Gasteiger partial charge is 0.297 e. The molecule has 0 aromatic rings. The van der Waals surface area contributed by atoms with Crippen molar-refractivity contribution in [1.82, 2.24) is 0 Å². The van der Waals surface area contributed by atoms with Crippen molar-refractivity contribution in [3.05, 3.63) is 11.8 Å². The summed E-state index contributed by atoms with van der Waals surface area (Å²) in [5.74, 6) is 0. The summed E-state index contributed by atoms with van der Waals surface area (Å²) >= 11 is 0. The minimum absolute atomic E-state index is 0.785. The normalized spacial score (nSPS) is 33.6. The molecule has 0 spiro atoms. The fourth-order valence-electron chi connectivity index (χ4n) is 1.81. The number of quaternary nitrogens is 1. The Bertz CT molecular complexity index is 172. The molecule has 0 saturated heterocycles. The van der Waals surface area contributed by atoms with E-state index < -0.39 is 0 Å². The summed E-state index contributed by atoms with van der Waals surface area (Å²) in [7, 11) is 2.34. The summed E-state index contributed by atoms with van der Waals surface area (Å²) in [5.41, 5.74) is 1.56. The molecular formula is C10H20N+. The lowest BCUT2D eigenvalue weighted by Crippen LogP contribution is -2.44. The molecule has 0 bridgehead atoms. The molecule has 1 aliphatic rings. The maximum absolute atomic E-state index is 2.42. The first-order valence-electron chi connectivity index (χ1n) is 4.61. The molecule has 1 heterocycles. The van der Waals surface area contributed by atoms with E-state index in [1.807, 2.05) is 0 Å². The van der Waals surface area contributed by atoms with E-state index in [4.69, 9.17) is 0 Å². The molecule has 64 valence electrons. The van der Waals surface area contributed by atoms with E-state index in [-0.39, 0.29) is 0 Å². The average Bonchev–Trinajstić information content (AvgIpc) is 2.31. The number of hydrogen-bond donors (Lipinski definition) is 0. The Kier molecular flexibility index (Phi) is 2.38. The van der Waals surface area contributed by atoms with Gasteiger partial charge in [0.15, 0.2) is 0 Å². The van der Waals surface area contributed by atoms with Gasteiger partial charge in [-0.2, -0.15) is 0 Å². The van der Waals surface area contributed by atoms with Gasteiger partial charge in [0.1, 0.15) is 0 Å². The monoisotopic (exact) mass is 154 g/mol. The highest BCUT2D eigenvalue weighted by molar-refractivity contribution is 4.98. The van der Waals surface area contributed by atoms with Crippen LogP contribution in [0.1, 0.15) is 33.6 Å². The molecular weight excluding hydrogens is 134 g/mol. The summed E-state index contributed by atoms with van der Waals surface area (Å²) in [4.78, 5) is 0. The Labute approximate surface area is 70.3 Å². The lowest BCUT2D eigenvalue weighted by molar-refractivity contribution is -0.878. The molecule has 2 atom stereocenters. The third-order valence-corrected chi connectivity index (χ3v) is 3.10. The van der Waals surface area contributed by atoms with Crippen LogP contribution in [-0.2, 0) is 0 Å². The van der Waals surface area contributed by atoms with E-state index in [0.717, 1.165) is 10.5 Å². The molecule has 0 aliphatic carbocycles. The second kappa shape index (κ2) is 2.98. The van der Waals surface area contributed by atoms with Crippen molar-refractivity contribution in [3.63, 3.8) is 0 Å². The van der Waals surface area contributed by atoms with Gasteiger partial charge in [-0.25, -0.2) is 0 Å². The van der Waals surface area contributed by atoms with Crippen LogP contribution in [0.2, 0.25) is 0 Å². The van der Waals surface area contributed by atoms with Gasteiger partial charge in [-0.1, -0.05) is 6.92 Å². The van der Waals surface area contributed by atoms with Gasteiger partial charge in [0.2, 0.25) is 0 Å². The van der Waals surface area contributed by atoms with E-state index in [1.165, 1.54) is 19.4 Å². The lowest BCUT2D eigenvalue weighted by atomic mass is 10.2. The van der Waals surface area contributed by atoms with E-state index in [0.29, 0.717) is 0 Å². The van der Waals surface area contributed by atoms with Gasteiger partial charge in [-0.05, 0) is 25.8 Å². The summed E-state index contributed by atoms with van der Waals surface area (Å²) < 4.78 is 1.16. The molecule has 0 aromatic carbocycles. The molecule has 1 heteroatoms. The first-order chi connectivity index (χ1) is 5.08. The quantitative estimate of drug-likeness (QED) is 0.536. The predicted molar refractivity (Wildman–Crippen MR) is 49.2 cm³/mol. The highest BCUT2D eigenvalue weighted by Crippen LogP contribution is 2.25. The smallest absolute Gasteiger partial charge is 0.0949 e. The van der Waals surface area contributed by atoms with E-state index >= 15 is 0 Å². The van der Waals surface area contributed by atoms with Gasteiger partial charge in [0.05, 0.1) is 25.8 Å². The van der Waals surface area contributed by atoms with E-state index in [2.05, 4.69) is 34.0 Å². The van der Waals surface area contributed by atoms with Crippen LogP contribution < -0.4 is 0 Å². The molecule has 0 radical (unpaired) electrons. The Balaban J connectivity index is 2.68. The van der Waals surface area contributed by atoms with Crippen molar-refractivity contribution in [2.24, 2.45) is 0 Å². The third kappa shape index (κ3) is 1.64. The van der Waals surface area contributed by atoms with Crippen LogP contribution >= 0.6 is 0 Å². The Hall–Kier alpha value is -0.300. The van der Waals surface area contributed by atoms with Gasteiger partial charge in [0.25, 0.3) is 0 Å². The standard InChI is InChI=1S/C10H20N/c1-5-10(3)11(4)7-6-9(2)8-11/h8,10H,5-7H2,1-4H3/q+1. The molecule has 11 heavy (non-hydrogen) atoms. The minimum atomic E-state index is 0.785. The van der Waals surface area contributed by atoms with Crippen molar-refractivity contribution < 1.29 is 4.48 Å².